The second-order valence-electron chi connectivity index (χ2n) is 5.70. The fourth-order valence-corrected chi connectivity index (χ4v) is 4.13. The van der Waals surface area contributed by atoms with Crippen LogP contribution in [0.15, 0.2) is 9.42 Å². The van der Waals surface area contributed by atoms with Crippen molar-refractivity contribution in [3.05, 3.63) is 11.5 Å². The highest BCUT2D eigenvalue weighted by Gasteiger charge is 2.24. The number of carbonyl (C=O) groups is 1. The second-order valence-corrected chi connectivity index (χ2v) is 7.41. The molecule has 124 valence electrons. The van der Waals surface area contributed by atoms with Crippen LogP contribution >= 0.6 is 0 Å². The van der Waals surface area contributed by atoms with Crippen LogP contribution in [0, 0.1) is 13.8 Å². The Bertz CT molecular complexity index is 599. The summed E-state index contributed by atoms with van der Waals surface area (Å²) in [5, 5.41) is 6.59. The first kappa shape index (κ1) is 17.0. The highest BCUT2D eigenvalue weighted by molar-refractivity contribution is 7.89. The number of nitrogens with zero attached hydrogens (tertiary/aromatic N) is 1. The van der Waals surface area contributed by atoms with E-state index in [1.807, 2.05) is 0 Å². The van der Waals surface area contributed by atoms with Crippen molar-refractivity contribution in [1.82, 2.24) is 15.2 Å². The van der Waals surface area contributed by atoms with Crippen LogP contribution in [0.5, 0.6) is 0 Å². The van der Waals surface area contributed by atoms with Crippen LogP contribution in [0.3, 0.4) is 0 Å². The third-order valence-corrected chi connectivity index (χ3v) is 5.56. The third-order valence-electron chi connectivity index (χ3n) is 3.85. The van der Waals surface area contributed by atoms with Gasteiger partial charge in [0.25, 0.3) is 0 Å². The minimum atomic E-state index is -3.69. The molecule has 2 rings (SSSR count). The monoisotopic (exact) mass is 329 g/mol. The van der Waals surface area contributed by atoms with Crippen LogP contribution in [0.1, 0.15) is 50.0 Å². The Morgan fingerprint density at radius 3 is 2.55 bits per heavy atom. The van der Waals surface area contributed by atoms with Crippen molar-refractivity contribution in [3.8, 4) is 0 Å². The van der Waals surface area contributed by atoms with Crippen molar-refractivity contribution in [2.45, 2.75) is 63.3 Å². The SMILES string of the molecule is Cc1noc(C)c1S(=O)(=O)NCCC(=O)NC1CCCCC1. The molecule has 1 heterocycles. The van der Waals surface area contributed by atoms with Gasteiger partial charge in [-0.25, -0.2) is 13.1 Å². The van der Waals surface area contributed by atoms with Gasteiger partial charge in [0.15, 0.2) is 5.76 Å². The number of nitrogens with one attached hydrogen (secondary N) is 2. The molecular formula is C14H23N3O4S. The number of hydrogen-bond acceptors (Lipinski definition) is 5. The Morgan fingerprint density at radius 2 is 1.95 bits per heavy atom. The topological polar surface area (TPSA) is 101 Å². The molecule has 0 aromatic carbocycles. The van der Waals surface area contributed by atoms with Gasteiger partial charge < -0.3 is 9.84 Å². The summed E-state index contributed by atoms with van der Waals surface area (Å²) in [5.41, 5.74) is 0.316. The number of rotatable bonds is 6. The van der Waals surface area contributed by atoms with Crippen LogP contribution in [-0.4, -0.2) is 32.1 Å². The van der Waals surface area contributed by atoms with Crippen LogP contribution in [0.4, 0.5) is 0 Å². The predicted octanol–water partition coefficient (Wildman–Crippen LogP) is 1.41. The summed E-state index contributed by atoms with van der Waals surface area (Å²) >= 11 is 0. The van der Waals surface area contributed by atoms with Gasteiger partial charge in [0.05, 0.1) is 0 Å². The van der Waals surface area contributed by atoms with Gasteiger partial charge >= 0.3 is 0 Å². The molecule has 22 heavy (non-hydrogen) atoms. The van der Waals surface area contributed by atoms with Gasteiger partial charge in [-0.05, 0) is 26.7 Å². The summed E-state index contributed by atoms with van der Waals surface area (Å²) in [6.07, 6.45) is 5.66. The standard InChI is InChI=1S/C14H23N3O4S/c1-10-14(11(2)21-17-10)22(19,20)15-9-8-13(18)16-12-6-4-3-5-7-12/h12,15H,3-9H2,1-2H3,(H,16,18). The average molecular weight is 329 g/mol. The Morgan fingerprint density at radius 1 is 1.27 bits per heavy atom. The van der Waals surface area contributed by atoms with E-state index in [9.17, 15) is 13.2 Å². The molecular weight excluding hydrogens is 306 g/mol. The summed E-state index contributed by atoms with van der Waals surface area (Å²) < 4.78 is 31.6. The third kappa shape index (κ3) is 4.30. The number of hydrogen-bond donors (Lipinski definition) is 2. The first-order valence-corrected chi connectivity index (χ1v) is 9.10. The number of aromatic nitrogens is 1. The van der Waals surface area contributed by atoms with E-state index in [0.717, 1.165) is 25.7 Å². The molecule has 0 radical (unpaired) electrons. The van der Waals surface area contributed by atoms with Crippen molar-refractivity contribution in [2.75, 3.05) is 6.54 Å². The van der Waals surface area contributed by atoms with Gasteiger partial charge in [-0.1, -0.05) is 24.4 Å². The van der Waals surface area contributed by atoms with E-state index in [4.69, 9.17) is 4.52 Å². The van der Waals surface area contributed by atoms with Crippen LogP contribution in [0.2, 0.25) is 0 Å². The minimum absolute atomic E-state index is 0.0557. The Labute approximate surface area is 130 Å². The first-order chi connectivity index (χ1) is 10.4. The lowest BCUT2D eigenvalue weighted by Crippen LogP contribution is -2.38. The Hall–Kier alpha value is -1.41. The van der Waals surface area contributed by atoms with E-state index in [0.29, 0.717) is 5.69 Å². The van der Waals surface area contributed by atoms with Crippen molar-refractivity contribution < 1.29 is 17.7 Å². The molecule has 1 aromatic rings. The van der Waals surface area contributed by atoms with Crippen molar-refractivity contribution in [2.24, 2.45) is 0 Å². The van der Waals surface area contributed by atoms with Gasteiger partial charge in [0.1, 0.15) is 10.6 Å². The van der Waals surface area contributed by atoms with Gasteiger partial charge in [-0.15, -0.1) is 0 Å². The molecule has 1 fully saturated rings. The minimum Gasteiger partial charge on any atom is -0.360 e. The number of amides is 1. The fourth-order valence-electron chi connectivity index (χ4n) is 2.78. The second kappa shape index (κ2) is 7.23. The molecule has 0 bridgehead atoms. The average Bonchev–Trinajstić information content (AvgIpc) is 2.79. The van der Waals surface area contributed by atoms with Gasteiger partial charge in [-0.2, -0.15) is 0 Å². The summed E-state index contributed by atoms with van der Waals surface area (Å²) in [7, 11) is -3.69. The molecule has 0 saturated heterocycles. The van der Waals surface area contributed by atoms with E-state index in [2.05, 4.69) is 15.2 Å². The number of sulfonamides is 1. The summed E-state index contributed by atoms with van der Waals surface area (Å²) in [6.45, 7) is 3.18. The largest absolute Gasteiger partial charge is 0.360 e. The van der Waals surface area contributed by atoms with Crippen molar-refractivity contribution >= 4 is 15.9 Å². The van der Waals surface area contributed by atoms with Crippen LogP contribution in [-0.2, 0) is 14.8 Å². The van der Waals surface area contributed by atoms with Crippen molar-refractivity contribution in [3.63, 3.8) is 0 Å². The molecule has 1 aromatic heterocycles. The number of aryl methyl sites for hydroxylation is 2. The van der Waals surface area contributed by atoms with Gasteiger partial charge in [0, 0.05) is 19.0 Å². The lowest BCUT2D eigenvalue weighted by atomic mass is 9.95. The highest BCUT2D eigenvalue weighted by atomic mass is 32.2. The highest BCUT2D eigenvalue weighted by Crippen LogP contribution is 2.19. The van der Waals surface area contributed by atoms with E-state index in [1.54, 1.807) is 13.8 Å². The molecule has 2 N–H and O–H groups in total. The lowest BCUT2D eigenvalue weighted by Gasteiger charge is -2.22. The van der Waals surface area contributed by atoms with Crippen LogP contribution < -0.4 is 10.0 Å². The van der Waals surface area contributed by atoms with Gasteiger partial charge in [-0.3, -0.25) is 4.79 Å². The van der Waals surface area contributed by atoms with Crippen molar-refractivity contribution in [1.29, 1.82) is 0 Å². The van der Waals surface area contributed by atoms with Crippen LogP contribution in [0.25, 0.3) is 0 Å². The molecule has 0 atom stereocenters. The Kier molecular flexibility index (Phi) is 5.57. The molecule has 7 nitrogen and oxygen atoms in total. The van der Waals surface area contributed by atoms with E-state index >= 15 is 0 Å². The lowest BCUT2D eigenvalue weighted by molar-refractivity contribution is -0.121. The Balaban J connectivity index is 1.81. The molecule has 1 aliphatic carbocycles. The van der Waals surface area contributed by atoms with E-state index in [-0.39, 0.29) is 35.6 Å². The van der Waals surface area contributed by atoms with E-state index in [1.165, 1.54) is 6.42 Å². The maximum atomic E-state index is 12.2. The molecule has 0 aliphatic heterocycles. The molecule has 1 saturated carbocycles. The molecule has 0 spiro atoms. The smallest absolute Gasteiger partial charge is 0.245 e. The zero-order chi connectivity index (χ0) is 16.2. The van der Waals surface area contributed by atoms with E-state index < -0.39 is 10.0 Å². The predicted molar refractivity (Wildman–Crippen MR) is 80.8 cm³/mol. The number of carbonyl (C=O) groups excluding carboxylic acids is 1. The summed E-state index contributed by atoms with van der Waals surface area (Å²) in [6, 6.07) is 0.236. The molecule has 0 unspecified atom stereocenters. The van der Waals surface area contributed by atoms with Gasteiger partial charge in [0.2, 0.25) is 15.9 Å². The normalized spacial score (nSPS) is 16.6. The zero-order valence-corrected chi connectivity index (χ0v) is 13.8. The zero-order valence-electron chi connectivity index (χ0n) is 13.0. The fraction of sp³-hybridized carbons (Fsp3) is 0.714. The molecule has 1 aliphatic rings. The molecule has 1 amide bonds. The first-order valence-electron chi connectivity index (χ1n) is 7.62. The quantitative estimate of drug-likeness (QED) is 0.821. The summed E-state index contributed by atoms with van der Waals surface area (Å²) in [4.78, 5) is 11.9. The maximum Gasteiger partial charge on any atom is 0.245 e. The maximum absolute atomic E-state index is 12.2. The summed E-state index contributed by atoms with van der Waals surface area (Å²) in [5.74, 6) is 0.130. The molecule has 8 heteroatoms.